The third-order valence-corrected chi connectivity index (χ3v) is 7.29. The Kier molecular flexibility index (Phi) is 6.80. The summed E-state index contributed by atoms with van der Waals surface area (Å²) in [5.74, 6) is -0.640. The monoisotopic (exact) mass is 520 g/mol. The van der Waals surface area contributed by atoms with Crippen molar-refractivity contribution in [2.45, 2.75) is 31.4 Å². The number of hydrazine groups is 1. The number of benzene rings is 3. The summed E-state index contributed by atoms with van der Waals surface area (Å²) in [6.07, 6.45) is 3.51. The molecule has 37 heavy (non-hydrogen) atoms. The van der Waals surface area contributed by atoms with Gasteiger partial charge >= 0.3 is 0 Å². The number of nitrogens with zero attached hydrogens (tertiary/aromatic N) is 2. The van der Waals surface area contributed by atoms with E-state index in [0.717, 1.165) is 22.9 Å². The Balaban J connectivity index is 1.47. The standard InChI is InChI=1S/C29H27ClF2N4O/c1-28(32,15-20-12-21(16-33)14-25(31)13-20)17-29(18-34-19-29)27(22-2-6-24(30)7-3-22)23-4-8-26(9-5-23)36-35-10-11-37-36/h2-14,27,34-35H,15,17-19H2,1H3/t27-,28+/m1/s1. The van der Waals surface area contributed by atoms with E-state index in [0.29, 0.717) is 23.7 Å². The first kappa shape index (κ1) is 25.1. The molecule has 0 saturated carbocycles. The molecule has 0 aromatic heterocycles. The van der Waals surface area contributed by atoms with Crippen molar-refractivity contribution in [1.29, 1.82) is 5.26 Å². The van der Waals surface area contributed by atoms with Gasteiger partial charge in [0.15, 0.2) is 0 Å². The van der Waals surface area contributed by atoms with Crippen LogP contribution >= 0.6 is 11.6 Å². The summed E-state index contributed by atoms with van der Waals surface area (Å²) in [6.45, 7) is 2.83. The molecule has 1 fully saturated rings. The highest BCUT2D eigenvalue weighted by Crippen LogP contribution is 2.50. The molecule has 0 bridgehead atoms. The van der Waals surface area contributed by atoms with Gasteiger partial charge in [-0.1, -0.05) is 35.9 Å². The van der Waals surface area contributed by atoms with Gasteiger partial charge in [-0.15, -0.1) is 5.17 Å². The van der Waals surface area contributed by atoms with Crippen molar-refractivity contribution in [2.75, 3.05) is 18.3 Å². The average molecular weight is 521 g/mol. The van der Waals surface area contributed by atoms with Gasteiger partial charge in [0, 0.05) is 35.9 Å². The van der Waals surface area contributed by atoms with Crippen LogP contribution in [0.15, 0.2) is 79.2 Å². The van der Waals surface area contributed by atoms with Crippen LogP contribution < -0.4 is 15.9 Å². The van der Waals surface area contributed by atoms with Crippen LogP contribution in [0.3, 0.4) is 0 Å². The minimum atomic E-state index is -1.63. The smallest absolute Gasteiger partial charge is 0.139 e. The zero-order valence-corrected chi connectivity index (χ0v) is 21.1. The number of rotatable bonds is 8. The molecule has 2 aliphatic heterocycles. The Morgan fingerprint density at radius 2 is 1.78 bits per heavy atom. The van der Waals surface area contributed by atoms with Crippen LogP contribution in [-0.2, 0) is 11.3 Å². The third kappa shape index (κ3) is 5.41. The van der Waals surface area contributed by atoms with Crippen molar-refractivity contribution in [3.05, 3.63) is 112 Å². The van der Waals surface area contributed by atoms with E-state index >= 15 is 4.39 Å². The summed E-state index contributed by atoms with van der Waals surface area (Å²) < 4.78 is 30.3. The van der Waals surface area contributed by atoms with Gasteiger partial charge in [-0.05, 0) is 72.5 Å². The van der Waals surface area contributed by atoms with E-state index in [-0.39, 0.29) is 24.3 Å². The summed E-state index contributed by atoms with van der Waals surface area (Å²) >= 11 is 6.19. The van der Waals surface area contributed by atoms with Crippen LogP contribution in [0.1, 0.15) is 41.5 Å². The molecule has 2 atom stereocenters. The number of nitriles is 1. The molecule has 0 aliphatic carbocycles. The van der Waals surface area contributed by atoms with Crippen molar-refractivity contribution in [2.24, 2.45) is 5.41 Å². The van der Waals surface area contributed by atoms with E-state index in [1.165, 1.54) is 6.07 Å². The molecule has 190 valence electrons. The van der Waals surface area contributed by atoms with Crippen molar-refractivity contribution in [3.8, 4) is 6.07 Å². The first-order valence-electron chi connectivity index (χ1n) is 12.1. The summed E-state index contributed by atoms with van der Waals surface area (Å²) in [5.41, 5.74) is 4.53. The van der Waals surface area contributed by atoms with Crippen molar-refractivity contribution >= 4 is 17.3 Å². The van der Waals surface area contributed by atoms with Crippen LogP contribution in [0.4, 0.5) is 14.5 Å². The van der Waals surface area contributed by atoms with E-state index < -0.39 is 16.9 Å². The van der Waals surface area contributed by atoms with Gasteiger partial charge in [-0.2, -0.15) is 5.26 Å². The summed E-state index contributed by atoms with van der Waals surface area (Å²) in [7, 11) is 0. The largest absolute Gasteiger partial charge is 0.366 e. The fraction of sp³-hybridized carbons (Fsp3) is 0.276. The molecular weight excluding hydrogens is 494 g/mol. The van der Waals surface area contributed by atoms with Crippen LogP contribution in [0.2, 0.25) is 5.02 Å². The van der Waals surface area contributed by atoms with Crippen LogP contribution in [0, 0.1) is 22.6 Å². The minimum absolute atomic E-state index is 0.0123. The number of nitrogens with one attached hydrogen (secondary N) is 2. The second-order valence-corrected chi connectivity index (χ2v) is 10.5. The number of anilines is 1. The molecule has 2 aliphatic rings. The van der Waals surface area contributed by atoms with E-state index in [4.69, 9.17) is 16.4 Å². The summed E-state index contributed by atoms with van der Waals surface area (Å²) in [4.78, 5) is 5.40. The summed E-state index contributed by atoms with van der Waals surface area (Å²) in [6, 6.07) is 21.7. The molecule has 8 heteroatoms. The second-order valence-electron chi connectivity index (χ2n) is 10.1. The van der Waals surface area contributed by atoms with Gasteiger partial charge < -0.3 is 10.2 Å². The van der Waals surface area contributed by atoms with Gasteiger partial charge in [0.2, 0.25) is 0 Å². The lowest BCUT2D eigenvalue weighted by atomic mass is 9.60. The lowest BCUT2D eigenvalue weighted by molar-refractivity contribution is 0.0370. The van der Waals surface area contributed by atoms with Crippen molar-refractivity contribution in [1.82, 2.24) is 10.7 Å². The van der Waals surface area contributed by atoms with Gasteiger partial charge in [0.05, 0.1) is 23.5 Å². The first-order valence-corrected chi connectivity index (χ1v) is 12.5. The first-order chi connectivity index (χ1) is 17.8. The van der Waals surface area contributed by atoms with Crippen LogP contribution in [0.5, 0.6) is 0 Å². The van der Waals surface area contributed by atoms with Crippen LogP contribution in [-0.4, -0.2) is 18.8 Å². The maximum atomic E-state index is 16.3. The number of hydrogen-bond donors (Lipinski definition) is 2. The van der Waals surface area contributed by atoms with Crippen molar-refractivity contribution < 1.29 is 13.6 Å². The zero-order valence-electron chi connectivity index (χ0n) is 20.3. The molecule has 3 aromatic carbocycles. The highest BCUT2D eigenvalue weighted by molar-refractivity contribution is 6.30. The Labute approximate surface area is 220 Å². The molecule has 5 rings (SSSR count). The molecule has 5 nitrogen and oxygen atoms in total. The van der Waals surface area contributed by atoms with E-state index in [9.17, 15) is 9.65 Å². The molecule has 0 unspecified atom stereocenters. The molecule has 0 radical (unpaired) electrons. The molecule has 0 amide bonds. The van der Waals surface area contributed by atoms with E-state index in [1.807, 2.05) is 54.6 Å². The van der Waals surface area contributed by atoms with E-state index in [1.54, 1.807) is 30.6 Å². The van der Waals surface area contributed by atoms with Crippen LogP contribution in [0.25, 0.3) is 0 Å². The lowest BCUT2D eigenvalue weighted by Gasteiger charge is -2.51. The highest BCUT2D eigenvalue weighted by Gasteiger charge is 2.49. The molecule has 1 saturated heterocycles. The highest BCUT2D eigenvalue weighted by atomic mass is 35.5. The fourth-order valence-corrected chi connectivity index (χ4v) is 5.75. The summed E-state index contributed by atoms with van der Waals surface area (Å²) in [5, 5.41) is 14.8. The minimum Gasteiger partial charge on any atom is -0.366 e. The van der Waals surface area contributed by atoms with Gasteiger partial charge in [-0.25, -0.2) is 8.78 Å². The number of halogens is 3. The lowest BCUT2D eigenvalue weighted by Crippen LogP contribution is -2.59. The maximum Gasteiger partial charge on any atom is 0.139 e. The zero-order chi connectivity index (χ0) is 26.0. The third-order valence-electron chi connectivity index (χ3n) is 7.04. The van der Waals surface area contributed by atoms with E-state index in [2.05, 4.69) is 10.7 Å². The molecular formula is C29H27ClF2N4O. The quantitative estimate of drug-likeness (QED) is 0.372. The normalized spacial score (nSPS) is 18.2. The Morgan fingerprint density at radius 3 is 2.35 bits per heavy atom. The van der Waals surface area contributed by atoms with Crippen molar-refractivity contribution in [3.63, 3.8) is 0 Å². The van der Waals surface area contributed by atoms with Gasteiger partial charge in [0.1, 0.15) is 17.7 Å². The fourth-order valence-electron chi connectivity index (χ4n) is 5.63. The SMILES string of the molecule is C[C@](F)(Cc1cc(F)cc(C#N)c1)CC1([C@H](c2ccc(Cl)cc2)c2ccc(N3NC=CO3)cc2)CNC1. The molecule has 0 spiro atoms. The average Bonchev–Trinajstić information content (AvgIpc) is 3.38. The predicted octanol–water partition coefficient (Wildman–Crippen LogP) is 6.16. The molecule has 2 N–H and O–H groups in total. The Bertz CT molecular complexity index is 1320. The second kappa shape index (κ2) is 10.0. The number of alkyl halides is 1. The Morgan fingerprint density at radius 1 is 1.11 bits per heavy atom. The van der Waals surface area contributed by atoms with Gasteiger partial charge in [0.25, 0.3) is 0 Å². The predicted molar refractivity (Wildman–Crippen MR) is 140 cm³/mol. The molecule has 3 aromatic rings. The topological polar surface area (TPSA) is 60.3 Å². The number of hydrogen-bond acceptors (Lipinski definition) is 5. The maximum absolute atomic E-state index is 16.3. The molecule has 2 heterocycles. The van der Waals surface area contributed by atoms with Gasteiger partial charge in [-0.3, -0.25) is 5.43 Å². The Hall–Kier alpha value is -3.60.